The van der Waals surface area contributed by atoms with Crippen molar-refractivity contribution >= 4 is 11.8 Å². The van der Waals surface area contributed by atoms with Crippen LogP contribution < -0.4 is 0 Å². The van der Waals surface area contributed by atoms with E-state index < -0.39 is 18.0 Å². The Morgan fingerprint density at radius 3 is 1.55 bits per heavy atom. The van der Waals surface area contributed by atoms with Gasteiger partial charge in [-0.15, -0.1) is 0 Å². The summed E-state index contributed by atoms with van der Waals surface area (Å²) in [7, 11) is 0. The van der Waals surface area contributed by atoms with Crippen LogP contribution in [0.15, 0.2) is 70.6 Å². The average Bonchev–Trinajstić information content (AvgIpc) is 3.48. The van der Waals surface area contributed by atoms with Crippen LogP contribution in [0.2, 0.25) is 0 Å². The lowest BCUT2D eigenvalue weighted by Crippen LogP contribution is -2.37. The van der Waals surface area contributed by atoms with Crippen LogP contribution in [0, 0.1) is 0 Å². The van der Waals surface area contributed by atoms with Gasteiger partial charge in [-0.3, -0.25) is 0 Å². The molecule has 3 aliphatic heterocycles. The first-order valence-corrected chi connectivity index (χ1v) is 10.9. The Kier molecular flexibility index (Phi) is 5.50. The summed E-state index contributed by atoms with van der Waals surface area (Å²) in [6.45, 7) is 4.88. The van der Waals surface area contributed by atoms with Crippen LogP contribution in [0.5, 0.6) is 0 Å². The summed E-state index contributed by atoms with van der Waals surface area (Å²) in [4.78, 5) is 9.64. The van der Waals surface area contributed by atoms with Crippen LogP contribution in [0.3, 0.4) is 0 Å². The lowest BCUT2D eigenvalue weighted by molar-refractivity contribution is -0.138. The summed E-state index contributed by atoms with van der Waals surface area (Å²) in [6.07, 6.45) is 0.764. The van der Waals surface area contributed by atoms with Crippen molar-refractivity contribution in [2.75, 3.05) is 13.2 Å². The molecule has 0 unspecified atom stereocenters. The summed E-state index contributed by atoms with van der Waals surface area (Å²) in [5.74, 6) is 0.394. The summed E-state index contributed by atoms with van der Waals surface area (Å²) in [6, 6.07) is 20.8. The largest absolute Gasteiger partial charge is 0.477 e. The molecule has 5 rings (SSSR count). The van der Waals surface area contributed by atoms with Crippen molar-refractivity contribution in [3.63, 3.8) is 0 Å². The Balaban J connectivity index is 1.30. The number of hydrogen-bond acceptors (Lipinski definition) is 6. The second kappa shape index (κ2) is 8.44. The SMILES string of the molecule is CC1(C)O[C@@H](C2=N[C@@H](Cc3ccccc3)CO2)[C@H](C2=N[C@@H](Cc3ccccc3)CO2)O1. The highest BCUT2D eigenvalue weighted by Gasteiger charge is 2.50. The van der Waals surface area contributed by atoms with E-state index in [0.717, 1.165) is 12.8 Å². The molecule has 1 fully saturated rings. The molecule has 1 saturated heterocycles. The molecule has 0 N–H and O–H groups in total. The van der Waals surface area contributed by atoms with Crippen LogP contribution in [-0.4, -0.2) is 55.1 Å². The Bertz CT molecular complexity index is 881. The number of nitrogens with zero attached hydrogens (tertiary/aromatic N) is 2. The number of benzene rings is 2. The highest BCUT2D eigenvalue weighted by atomic mass is 16.8. The Labute approximate surface area is 182 Å². The first kappa shape index (κ1) is 20.2. The van der Waals surface area contributed by atoms with Crippen molar-refractivity contribution in [2.45, 2.75) is 56.8 Å². The molecule has 6 nitrogen and oxygen atoms in total. The van der Waals surface area contributed by atoms with Crippen LogP contribution in [0.25, 0.3) is 0 Å². The van der Waals surface area contributed by atoms with Crippen molar-refractivity contribution in [2.24, 2.45) is 9.98 Å². The van der Waals surface area contributed by atoms with Gasteiger partial charge >= 0.3 is 0 Å². The maximum Gasteiger partial charge on any atom is 0.217 e. The zero-order valence-corrected chi connectivity index (χ0v) is 17.9. The van der Waals surface area contributed by atoms with Crippen LogP contribution in [0.4, 0.5) is 0 Å². The normalized spacial score (nSPS) is 29.2. The van der Waals surface area contributed by atoms with Gasteiger partial charge in [0.1, 0.15) is 13.2 Å². The third-order valence-corrected chi connectivity index (χ3v) is 5.68. The van der Waals surface area contributed by atoms with E-state index in [1.165, 1.54) is 11.1 Å². The van der Waals surface area contributed by atoms with Crippen molar-refractivity contribution in [3.8, 4) is 0 Å². The molecule has 4 atom stereocenters. The highest BCUT2D eigenvalue weighted by Crippen LogP contribution is 2.33. The molecule has 0 amide bonds. The van der Waals surface area contributed by atoms with Crippen molar-refractivity contribution in [1.29, 1.82) is 0 Å². The molecule has 0 radical (unpaired) electrons. The summed E-state index contributed by atoms with van der Waals surface area (Å²) < 4.78 is 24.3. The first-order valence-electron chi connectivity index (χ1n) is 10.9. The molecule has 31 heavy (non-hydrogen) atoms. The number of ether oxygens (including phenoxy) is 4. The Hall–Kier alpha value is -2.70. The quantitative estimate of drug-likeness (QED) is 0.717. The lowest BCUT2D eigenvalue weighted by Gasteiger charge is -2.16. The molecule has 0 aliphatic carbocycles. The van der Waals surface area contributed by atoms with E-state index in [1.807, 2.05) is 50.2 Å². The summed E-state index contributed by atoms with van der Waals surface area (Å²) in [5.41, 5.74) is 2.49. The van der Waals surface area contributed by atoms with Crippen LogP contribution >= 0.6 is 0 Å². The fraction of sp³-hybridized carbons (Fsp3) is 0.440. The fourth-order valence-corrected chi connectivity index (χ4v) is 4.29. The van der Waals surface area contributed by atoms with Gasteiger partial charge in [0.2, 0.25) is 11.8 Å². The number of rotatable bonds is 6. The first-order chi connectivity index (χ1) is 15.1. The number of hydrogen-bond donors (Lipinski definition) is 0. The van der Waals surface area contributed by atoms with Gasteiger partial charge in [0.25, 0.3) is 0 Å². The predicted molar refractivity (Wildman–Crippen MR) is 118 cm³/mol. The molecule has 3 aliphatic rings. The Morgan fingerprint density at radius 2 is 1.13 bits per heavy atom. The maximum absolute atomic E-state index is 6.17. The van der Waals surface area contributed by atoms with Crippen molar-refractivity contribution < 1.29 is 18.9 Å². The molecule has 2 aromatic rings. The van der Waals surface area contributed by atoms with E-state index in [4.69, 9.17) is 28.9 Å². The zero-order valence-electron chi connectivity index (χ0n) is 17.9. The van der Waals surface area contributed by atoms with Gasteiger partial charge in [0.05, 0.1) is 12.1 Å². The molecule has 6 heteroatoms. The highest BCUT2D eigenvalue weighted by molar-refractivity contribution is 5.93. The fourth-order valence-electron chi connectivity index (χ4n) is 4.29. The smallest absolute Gasteiger partial charge is 0.217 e. The van der Waals surface area contributed by atoms with Crippen molar-refractivity contribution in [1.82, 2.24) is 0 Å². The van der Waals surface area contributed by atoms with Crippen LogP contribution in [0.1, 0.15) is 25.0 Å². The van der Waals surface area contributed by atoms with Gasteiger partial charge in [-0.2, -0.15) is 0 Å². The molecule has 0 bridgehead atoms. The van der Waals surface area contributed by atoms with Gasteiger partial charge in [0.15, 0.2) is 18.0 Å². The average molecular weight is 421 g/mol. The van der Waals surface area contributed by atoms with Crippen LogP contribution in [-0.2, 0) is 31.8 Å². The van der Waals surface area contributed by atoms with Gasteiger partial charge in [-0.05, 0) is 37.8 Å². The third-order valence-electron chi connectivity index (χ3n) is 5.68. The van der Waals surface area contributed by atoms with E-state index in [1.54, 1.807) is 0 Å². The van der Waals surface area contributed by atoms with Gasteiger partial charge in [0, 0.05) is 0 Å². The third kappa shape index (κ3) is 4.65. The van der Waals surface area contributed by atoms with E-state index in [-0.39, 0.29) is 12.1 Å². The second-order valence-corrected chi connectivity index (χ2v) is 8.72. The molecule has 3 heterocycles. The van der Waals surface area contributed by atoms with E-state index in [9.17, 15) is 0 Å². The summed E-state index contributed by atoms with van der Waals surface area (Å²) in [5, 5.41) is 0. The lowest BCUT2D eigenvalue weighted by atomic mass is 10.1. The minimum atomic E-state index is -0.762. The molecule has 162 valence electrons. The standard InChI is InChI=1S/C25H28N2O4/c1-25(2)30-21(23-26-19(15-28-23)13-17-9-5-3-6-10-17)22(31-25)24-27-20(16-29-24)14-18-11-7-4-8-12-18/h3-12,19-22H,13-16H2,1-2H3/t19-,20-,21+,22+/m0/s1. The Morgan fingerprint density at radius 1 is 0.710 bits per heavy atom. The van der Waals surface area contributed by atoms with Gasteiger partial charge in [-0.25, -0.2) is 9.98 Å². The second-order valence-electron chi connectivity index (χ2n) is 8.72. The zero-order chi connectivity index (χ0) is 21.3. The summed E-state index contributed by atoms with van der Waals surface area (Å²) >= 11 is 0. The predicted octanol–water partition coefficient (Wildman–Crippen LogP) is 3.59. The minimum Gasteiger partial charge on any atom is -0.477 e. The van der Waals surface area contributed by atoms with Gasteiger partial charge in [-0.1, -0.05) is 60.7 Å². The topological polar surface area (TPSA) is 61.6 Å². The molecule has 0 aromatic heterocycles. The molecular formula is C25H28N2O4. The van der Waals surface area contributed by atoms with E-state index in [2.05, 4.69) is 24.3 Å². The minimum absolute atomic E-state index is 0.0719. The monoisotopic (exact) mass is 420 g/mol. The van der Waals surface area contributed by atoms with Crippen molar-refractivity contribution in [3.05, 3.63) is 71.8 Å². The maximum atomic E-state index is 6.17. The molecule has 0 spiro atoms. The van der Waals surface area contributed by atoms with Gasteiger partial charge < -0.3 is 18.9 Å². The molecule has 2 aromatic carbocycles. The number of aliphatic imine (C=N–C) groups is 2. The van der Waals surface area contributed by atoms with E-state index in [0.29, 0.717) is 25.0 Å². The van der Waals surface area contributed by atoms with E-state index >= 15 is 0 Å². The molecule has 0 saturated carbocycles. The molecular weight excluding hydrogens is 392 g/mol.